The lowest BCUT2D eigenvalue weighted by atomic mass is 9.94. The molecule has 4 heteroatoms. The fourth-order valence-corrected chi connectivity index (χ4v) is 2.64. The maximum Gasteiger partial charge on any atom is 0.248 e. The first-order valence-corrected chi connectivity index (χ1v) is 8.23. The van der Waals surface area contributed by atoms with Crippen molar-refractivity contribution in [2.75, 3.05) is 6.54 Å². The first-order chi connectivity index (χ1) is 9.50. The van der Waals surface area contributed by atoms with Crippen molar-refractivity contribution in [3.8, 4) is 0 Å². The number of hydrogen-bond donors (Lipinski definition) is 2. The fraction of sp³-hybridized carbons (Fsp3) is 0.938. The average molecular weight is 284 g/mol. The molecule has 0 saturated heterocycles. The maximum absolute atomic E-state index is 12.1. The SMILES string of the molecule is CCC(N)(CC)CNC(=O)C(C)OC1CCCCCC1. The van der Waals surface area contributed by atoms with Crippen LogP contribution in [0.25, 0.3) is 0 Å². The molecule has 1 fully saturated rings. The third-order valence-corrected chi connectivity index (χ3v) is 4.59. The van der Waals surface area contributed by atoms with Gasteiger partial charge in [-0.3, -0.25) is 4.79 Å². The van der Waals surface area contributed by atoms with Gasteiger partial charge >= 0.3 is 0 Å². The Kier molecular flexibility index (Phi) is 7.52. The Morgan fingerprint density at radius 3 is 2.30 bits per heavy atom. The van der Waals surface area contributed by atoms with Crippen molar-refractivity contribution in [3.05, 3.63) is 0 Å². The highest BCUT2D eigenvalue weighted by molar-refractivity contribution is 5.80. The summed E-state index contributed by atoms with van der Waals surface area (Å²) in [6.07, 6.45) is 8.79. The number of ether oxygens (including phenoxy) is 1. The van der Waals surface area contributed by atoms with Gasteiger partial charge in [0.25, 0.3) is 0 Å². The monoisotopic (exact) mass is 284 g/mol. The van der Waals surface area contributed by atoms with Crippen LogP contribution in [0.4, 0.5) is 0 Å². The van der Waals surface area contributed by atoms with E-state index in [1.807, 2.05) is 6.92 Å². The number of nitrogens with two attached hydrogens (primary N) is 1. The number of amides is 1. The molecule has 0 spiro atoms. The van der Waals surface area contributed by atoms with Crippen molar-refractivity contribution in [3.63, 3.8) is 0 Å². The van der Waals surface area contributed by atoms with Crippen LogP contribution in [0, 0.1) is 0 Å². The third kappa shape index (κ3) is 5.80. The molecule has 0 aromatic carbocycles. The summed E-state index contributed by atoms with van der Waals surface area (Å²) in [6, 6.07) is 0. The molecule has 0 aliphatic heterocycles. The molecule has 0 heterocycles. The minimum Gasteiger partial charge on any atom is -0.365 e. The van der Waals surface area contributed by atoms with Gasteiger partial charge in [-0.05, 0) is 32.6 Å². The lowest BCUT2D eigenvalue weighted by molar-refractivity contribution is -0.136. The summed E-state index contributed by atoms with van der Waals surface area (Å²) in [5, 5.41) is 2.94. The van der Waals surface area contributed by atoms with Crippen LogP contribution in [0.1, 0.15) is 72.1 Å². The summed E-state index contributed by atoms with van der Waals surface area (Å²) in [6.45, 7) is 6.48. The fourth-order valence-electron chi connectivity index (χ4n) is 2.64. The third-order valence-electron chi connectivity index (χ3n) is 4.59. The Morgan fingerprint density at radius 1 is 1.25 bits per heavy atom. The Bertz CT molecular complexity index is 282. The maximum atomic E-state index is 12.1. The molecule has 0 bridgehead atoms. The van der Waals surface area contributed by atoms with Crippen molar-refractivity contribution in [1.82, 2.24) is 5.32 Å². The van der Waals surface area contributed by atoms with Gasteiger partial charge < -0.3 is 15.8 Å². The highest BCUT2D eigenvalue weighted by Crippen LogP contribution is 2.21. The molecule has 1 aliphatic rings. The van der Waals surface area contributed by atoms with E-state index in [0.29, 0.717) is 6.54 Å². The first kappa shape index (κ1) is 17.4. The molecule has 1 atom stereocenters. The number of nitrogens with one attached hydrogen (secondary N) is 1. The summed E-state index contributed by atoms with van der Waals surface area (Å²) >= 11 is 0. The van der Waals surface area contributed by atoms with Crippen molar-refractivity contribution >= 4 is 5.91 Å². The summed E-state index contributed by atoms with van der Waals surface area (Å²) in [5.41, 5.74) is 5.90. The topological polar surface area (TPSA) is 64.3 Å². The van der Waals surface area contributed by atoms with Gasteiger partial charge in [0.05, 0.1) is 6.10 Å². The molecule has 20 heavy (non-hydrogen) atoms. The quantitative estimate of drug-likeness (QED) is 0.707. The summed E-state index contributed by atoms with van der Waals surface area (Å²) < 4.78 is 5.91. The average Bonchev–Trinajstić information content (AvgIpc) is 2.73. The Hall–Kier alpha value is -0.610. The van der Waals surface area contributed by atoms with Crippen LogP contribution < -0.4 is 11.1 Å². The Morgan fingerprint density at radius 2 is 1.80 bits per heavy atom. The molecule has 1 rings (SSSR count). The van der Waals surface area contributed by atoms with Gasteiger partial charge in [-0.25, -0.2) is 0 Å². The van der Waals surface area contributed by atoms with Gasteiger partial charge in [-0.15, -0.1) is 0 Å². The number of carbonyl (C=O) groups excluding carboxylic acids is 1. The van der Waals surface area contributed by atoms with Crippen molar-refractivity contribution in [1.29, 1.82) is 0 Å². The zero-order valence-corrected chi connectivity index (χ0v) is 13.4. The molecule has 4 nitrogen and oxygen atoms in total. The minimum absolute atomic E-state index is 0.0361. The van der Waals surface area contributed by atoms with Crippen molar-refractivity contribution in [2.45, 2.75) is 89.9 Å². The second-order valence-corrected chi connectivity index (χ2v) is 6.18. The van der Waals surface area contributed by atoms with Gasteiger partial charge in [0.2, 0.25) is 5.91 Å². The minimum atomic E-state index is -0.379. The van der Waals surface area contributed by atoms with E-state index in [4.69, 9.17) is 10.5 Å². The molecular weight excluding hydrogens is 252 g/mol. The molecule has 0 aromatic heterocycles. The lowest BCUT2D eigenvalue weighted by Crippen LogP contribution is -2.51. The highest BCUT2D eigenvalue weighted by Gasteiger charge is 2.24. The first-order valence-electron chi connectivity index (χ1n) is 8.23. The van der Waals surface area contributed by atoms with E-state index in [-0.39, 0.29) is 23.7 Å². The van der Waals surface area contributed by atoms with Gasteiger partial charge in [-0.1, -0.05) is 39.5 Å². The normalized spacial score (nSPS) is 19.4. The van der Waals surface area contributed by atoms with Crippen LogP contribution in [0.3, 0.4) is 0 Å². The Balaban J connectivity index is 2.34. The Labute approximate surface area is 123 Å². The zero-order valence-electron chi connectivity index (χ0n) is 13.4. The number of carbonyl (C=O) groups is 1. The molecule has 1 unspecified atom stereocenters. The van der Waals surface area contributed by atoms with E-state index in [1.165, 1.54) is 25.7 Å². The molecule has 0 radical (unpaired) electrons. The van der Waals surface area contributed by atoms with E-state index in [9.17, 15) is 4.79 Å². The van der Waals surface area contributed by atoms with Crippen LogP contribution in [0.15, 0.2) is 0 Å². The van der Waals surface area contributed by atoms with Crippen LogP contribution in [-0.4, -0.2) is 30.2 Å². The predicted octanol–water partition coefficient (Wildman–Crippen LogP) is 2.75. The molecular formula is C16H32N2O2. The largest absolute Gasteiger partial charge is 0.365 e. The van der Waals surface area contributed by atoms with E-state index < -0.39 is 0 Å². The lowest BCUT2D eigenvalue weighted by Gasteiger charge is -2.28. The molecule has 0 aromatic rings. The van der Waals surface area contributed by atoms with Crippen LogP contribution in [0.2, 0.25) is 0 Å². The van der Waals surface area contributed by atoms with Gasteiger partial charge in [0, 0.05) is 12.1 Å². The smallest absolute Gasteiger partial charge is 0.248 e. The number of hydrogen-bond acceptors (Lipinski definition) is 3. The molecule has 1 aliphatic carbocycles. The molecule has 3 N–H and O–H groups in total. The van der Waals surface area contributed by atoms with Crippen LogP contribution in [0.5, 0.6) is 0 Å². The highest BCUT2D eigenvalue weighted by atomic mass is 16.5. The molecule has 1 saturated carbocycles. The standard InChI is InChI=1S/C16H32N2O2/c1-4-16(17,5-2)12-18-15(19)13(3)20-14-10-8-6-7-9-11-14/h13-14H,4-12,17H2,1-3H3,(H,18,19). The van der Waals surface area contributed by atoms with E-state index >= 15 is 0 Å². The van der Waals surface area contributed by atoms with Gasteiger partial charge in [0.1, 0.15) is 6.10 Å². The predicted molar refractivity (Wildman–Crippen MR) is 82.5 cm³/mol. The summed E-state index contributed by atoms with van der Waals surface area (Å²) in [5.74, 6) is -0.0361. The van der Waals surface area contributed by atoms with E-state index in [2.05, 4.69) is 19.2 Å². The molecule has 1 amide bonds. The van der Waals surface area contributed by atoms with E-state index in [1.54, 1.807) is 0 Å². The zero-order chi connectivity index (χ0) is 15.0. The van der Waals surface area contributed by atoms with Crippen molar-refractivity contribution in [2.24, 2.45) is 5.73 Å². The summed E-state index contributed by atoms with van der Waals surface area (Å²) in [4.78, 5) is 12.1. The van der Waals surface area contributed by atoms with E-state index in [0.717, 1.165) is 25.7 Å². The van der Waals surface area contributed by atoms with Crippen LogP contribution in [-0.2, 0) is 9.53 Å². The molecule has 118 valence electrons. The second-order valence-electron chi connectivity index (χ2n) is 6.18. The number of rotatable bonds is 7. The van der Waals surface area contributed by atoms with Gasteiger partial charge in [0.15, 0.2) is 0 Å². The van der Waals surface area contributed by atoms with Crippen molar-refractivity contribution < 1.29 is 9.53 Å². The second kappa shape index (κ2) is 8.63. The van der Waals surface area contributed by atoms with Gasteiger partial charge in [-0.2, -0.15) is 0 Å². The summed E-state index contributed by atoms with van der Waals surface area (Å²) in [7, 11) is 0. The van der Waals surface area contributed by atoms with Crippen LogP contribution >= 0.6 is 0 Å².